The van der Waals surface area contributed by atoms with E-state index in [1.165, 1.54) is 0 Å². The first-order valence-electron chi connectivity index (χ1n) is 5.30. The number of benzene rings is 1. The minimum Gasteiger partial charge on any atom is -0.347 e. The number of halogens is 2. The van der Waals surface area contributed by atoms with Crippen molar-refractivity contribution in [3.05, 3.63) is 63.3 Å². The molecular formula is C13H10BrClN2O. The molecule has 0 saturated carbocycles. The van der Waals surface area contributed by atoms with Crippen molar-refractivity contribution < 1.29 is 4.79 Å². The van der Waals surface area contributed by atoms with Crippen LogP contribution in [0.1, 0.15) is 16.1 Å². The molecule has 0 aliphatic carbocycles. The molecule has 0 radical (unpaired) electrons. The quantitative estimate of drug-likeness (QED) is 0.939. The van der Waals surface area contributed by atoms with Crippen LogP contribution in [0.3, 0.4) is 0 Å². The molecule has 0 atom stereocenters. The van der Waals surface area contributed by atoms with Crippen molar-refractivity contribution in [3.8, 4) is 0 Å². The maximum atomic E-state index is 11.9. The fraction of sp³-hybridized carbons (Fsp3) is 0.0769. The Hall–Kier alpha value is -1.39. The Balaban J connectivity index is 2.01. The Morgan fingerprint density at radius 3 is 2.67 bits per heavy atom. The molecule has 3 nitrogen and oxygen atoms in total. The Morgan fingerprint density at radius 2 is 2.00 bits per heavy atom. The molecule has 2 aromatic rings. The number of aromatic nitrogens is 1. The van der Waals surface area contributed by atoms with Gasteiger partial charge in [-0.3, -0.25) is 4.79 Å². The van der Waals surface area contributed by atoms with Crippen LogP contribution in [0.5, 0.6) is 0 Å². The molecule has 2 rings (SSSR count). The fourth-order valence-electron chi connectivity index (χ4n) is 1.42. The standard InChI is InChI=1S/C13H10BrClN2O/c14-11-2-1-7-16-12(11)13(18)17-8-9-3-5-10(15)6-4-9/h1-7H,8H2,(H,17,18). The summed E-state index contributed by atoms with van der Waals surface area (Å²) in [5.74, 6) is -0.211. The highest BCUT2D eigenvalue weighted by molar-refractivity contribution is 9.10. The lowest BCUT2D eigenvalue weighted by Gasteiger charge is -2.06. The van der Waals surface area contributed by atoms with E-state index in [4.69, 9.17) is 11.6 Å². The molecule has 0 bridgehead atoms. The van der Waals surface area contributed by atoms with Crippen molar-refractivity contribution in [2.45, 2.75) is 6.54 Å². The van der Waals surface area contributed by atoms with Gasteiger partial charge in [0.1, 0.15) is 5.69 Å². The van der Waals surface area contributed by atoms with Crippen molar-refractivity contribution in [1.29, 1.82) is 0 Å². The monoisotopic (exact) mass is 324 g/mol. The second kappa shape index (κ2) is 5.98. The van der Waals surface area contributed by atoms with Crippen LogP contribution in [-0.2, 0) is 6.54 Å². The van der Waals surface area contributed by atoms with Gasteiger partial charge in [-0.15, -0.1) is 0 Å². The summed E-state index contributed by atoms with van der Waals surface area (Å²) in [6.45, 7) is 0.443. The number of carbonyl (C=O) groups excluding carboxylic acids is 1. The molecule has 0 spiro atoms. The van der Waals surface area contributed by atoms with E-state index in [1.54, 1.807) is 30.5 Å². The van der Waals surface area contributed by atoms with Crippen molar-refractivity contribution in [2.75, 3.05) is 0 Å². The van der Waals surface area contributed by atoms with E-state index in [0.29, 0.717) is 21.7 Å². The number of rotatable bonds is 3. The summed E-state index contributed by atoms with van der Waals surface area (Å²) >= 11 is 9.08. The first kappa shape index (κ1) is 13.1. The Kier molecular flexibility index (Phi) is 4.33. The first-order valence-corrected chi connectivity index (χ1v) is 6.47. The summed E-state index contributed by atoms with van der Waals surface area (Å²) < 4.78 is 0.679. The predicted molar refractivity (Wildman–Crippen MR) is 74.6 cm³/mol. The number of nitrogens with zero attached hydrogens (tertiary/aromatic N) is 1. The lowest BCUT2D eigenvalue weighted by molar-refractivity contribution is 0.0945. The third-order valence-electron chi connectivity index (χ3n) is 2.34. The summed E-state index contributed by atoms with van der Waals surface area (Å²) in [5, 5.41) is 3.48. The van der Waals surface area contributed by atoms with Gasteiger partial charge < -0.3 is 5.32 Å². The van der Waals surface area contributed by atoms with Gasteiger partial charge in [-0.1, -0.05) is 23.7 Å². The highest BCUT2D eigenvalue weighted by Gasteiger charge is 2.10. The van der Waals surface area contributed by atoms with E-state index in [-0.39, 0.29) is 5.91 Å². The summed E-state index contributed by atoms with van der Waals surface area (Å²) in [6.07, 6.45) is 1.59. The molecule has 0 saturated heterocycles. The molecule has 0 aliphatic rings. The smallest absolute Gasteiger partial charge is 0.271 e. The molecule has 1 aromatic heterocycles. The molecule has 0 unspecified atom stereocenters. The summed E-state index contributed by atoms with van der Waals surface area (Å²) in [7, 11) is 0. The normalized spacial score (nSPS) is 10.1. The lowest BCUT2D eigenvalue weighted by atomic mass is 10.2. The minimum atomic E-state index is -0.211. The van der Waals surface area contributed by atoms with Crippen LogP contribution in [-0.4, -0.2) is 10.9 Å². The van der Waals surface area contributed by atoms with Crippen molar-refractivity contribution in [2.24, 2.45) is 0 Å². The van der Waals surface area contributed by atoms with E-state index in [1.807, 2.05) is 12.1 Å². The van der Waals surface area contributed by atoms with Gasteiger partial charge in [0.2, 0.25) is 0 Å². The van der Waals surface area contributed by atoms with Crippen molar-refractivity contribution >= 4 is 33.4 Å². The van der Waals surface area contributed by atoms with Gasteiger partial charge in [0.05, 0.1) is 0 Å². The molecule has 1 heterocycles. The number of pyridine rings is 1. The van der Waals surface area contributed by atoms with Gasteiger partial charge >= 0.3 is 0 Å². The molecule has 5 heteroatoms. The number of amides is 1. The van der Waals surface area contributed by atoms with Crippen LogP contribution >= 0.6 is 27.5 Å². The maximum Gasteiger partial charge on any atom is 0.271 e. The Bertz CT molecular complexity index is 557. The number of hydrogen-bond donors (Lipinski definition) is 1. The van der Waals surface area contributed by atoms with E-state index in [2.05, 4.69) is 26.2 Å². The van der Waals surface area contributed by atoms with E-state index < -0.39 is 0 Å². The molecule has 0 aliphatic heterocycles. The number of hydrogen-bond acceptors (Lipinski definition) is 2. The van der Waals surface area contributed by atoms with E-state index in [9.17, 15) is 4.79 Å². The zero-order valence-electron chi connectivity index (χ0n) is 9.36. The zero-order valence-corrected chi connectivity index (χ0v) is 11.7. The SMILES string of the molecule is O=C(NCc1ccc(Cl)cc1)c1ncccc1Br. The Morgan fingerprint density at radius 1 is 1.28 bits per heavy atom. The van der Waals surface area contributed by atoms with Gasteiger partial charge in [-0.25, -0.2) is 4.98 Å². The van der Waals surface area contributed by atoms with Crippen LogP contribution in [0.15, 0.2) is 47.1 Å². The second-order valence-corrected chi connectivity index (χ2v) is 4.93. The summed E-state index contributed by atoms with van der Waals surface area (Å²) in [4.78, 5) is 15.9. The molecule has 1 N–H and O–H groups in total. The number of nitrogens with one attached hydrogen (secondary N) is 1. The molecule has 1 amide bonds. The highest BCUT2D eigenvalue weighted by Crippen LogP contribution is 2.13. The van der Waals surface area contributed by atoms with Gasteiger partial charge in [-0.2, -0.15) is 0 Å². The highest BCUT2D eigenvalue weighted by atomic mass is 79.9. The largest absolute Gasteiger partial charge is 0.347 e. The second-order valence-electron chi connectivity index (χ2n) is 3.64. The van der Waals surface area contributed by atoms with E-state index in [0.717, 1.165) is 5.56 Å². The van der Waals surface area contributed by atoms with Gasteiger partial charge in [0.15, 0.2) is 0 Å². The van der Waals surface area contributed by atoms with Gasteiger partial charge in [0, 0.05) is 22.2 Å². The van der Waals surface area contributed by atoms with Gasteiger partial charge in [0.25, 0.3) is 5.91 Å². The predicted octanol–water partition coefficient (Wildman–Crippen LogP) is 3.43. The summed E-state index contributed by atoms with van der Waals surface area (Å²) in [5.41, 5.74) is 1.37. The van der Waals surface area contributed by atoms with Crippen molar-refractivity contribution in [3.63, 3.8) is 0 Å². The lowest BCUT2D eigenvalue weighted by Crippen LogP contribution is -2.24. The minimum absolute atomic E-state index is 0.211. The average molecular weight is 326 g/mol. The summed E-state index contributed by atoms with van der Waals surface area (Å²) in [6, 6.07) is 10.9. The Labute approximate surface area is 118 Å². The number of carbonyl (C=O) groups is 1. The van der Waals surface area contributed by atoms with E-state index >= 15 is 0 Å². The van der Waals surface area contributed by atoms with Crippen LogP contribution < -0.4 is 5.32 Å². The average Bonchev–Trinajstić information content (AvgIpc) is 2.38. The molecule has 0 fully saturated rings. The van der Waals surface area contributed by atoms with Crippen LogP contribution in [0, 0.1) is 0 Å². The van der Waals surface area contributed by atoms with Crippen LogP contribution in [0.2, 0.25) is 5.02 Å². The zero-order chi connectivity index (χ0) is 13.0. The molecule has 18 heavy (non-hydrogen) atoms. The third-order valence-corrected chi connectivity index (χ3v) is 3.23. The van der Waals surface area contributed by atoms with Crippen LogP contribution in [0.25, 0.3) is 0 Å². The molecular weight excluding hydrogens is 316 g/mol. The molecule has 1 aromatic carbocycles. The van der Waals surface area contributed by atoms with Gasteiger partial charge in [-0.05, 0) is 45.8 Å². The first-order chi connectivity index (χ1) is 8.66. The van der Waals surface area contributed by atoms with Crippen LogP contribution in [0.4, 0.5) is 0 Å². The fourth-order valence-corrected chi connectivity index (χ4v) is 1.98. The topological polar surface area (TPSA) is 42.0 Å². The third kappa shape index (κ3) is 3.31. The maximum absolute atomic E-state index is 11.9. The van der Waals surface area contributed by atoms with Crippen molar-refractivity contribution in [1.82, 2.24) is 10.3 Å². The molecule has 92 valence electrons.